The van der Waals surface area contributed by atoms with Gasteiger partial charge in [0.15, 0.2) is 0 Å². The van der Waals surface area contributed by atoms with Gasteiger partial charge in [-0.3, -0.25) is 4.90 Å². The van der Waals surface area contributed by atoms with Crippen molar-refractivity contribution in [3.63, 3.8) is 0 Å². The van der Waals surface area contributed by atoms with Crippen LogP contribution in [-0.2, 0) is 13.1 Å². The molecule has 2 aromatic rings. The number of nitrogens with one attached hydrogen (secondary N) is 4. The molecule has 0 radical (unpaired) electrons. The molecule has 4 aliphatic rings. The third kappa shape index (κ3) is 4.09. The second kappa shape index (κ2) is 8.76. The molecule has 33 heavy (non-hydrogen) atoms. The highest BCUT2D eigenvalue weighted by atomic mass is 16.3. The Hall–Kier alpha value is -2.96. The summed E-state index contributed by atoms with van der Waals surface area (Å²) >= 11 is 0. The van der Waals surface area contributed by atoms with Gasteiger partial charge in [0.1, 0.15) is 5.82 Å². The number of hydrogen-bond acceptors (Lipinski definition) is 5. The first-order valence-corrected chi connectivity index (χ1v) is 12.3. The number of aliphatic hydroxyl groups excluding tert-OH is 1. The van der Waals surface area contributed by atoms with Gasteiger partial charge in [0.05, 0.1) is 12.6 Å². The standard InChI is InChI=1S/C27H33N5O/c33-26-8-9-28-15-23(26)24-13-21-22-12-20(14-30-27(22)31-25(21)16-29-24)19-6-4-18(5-7-19)17-32-10-2-1-3-11-32/h4-7,12-13,15,26,28-31,33H,1-3,8-11,14,16-17H2. The number of rotatable bonds is 4. The lowest BCUT2D eigenvalue weighted by Crippen LogP contribution is -2.31. The highest BCUT2D eigenvalue weighted by molar-refractivity contribution is 5.93. The summed E-state index contributed by atoms with van der Waals surface area (Å²) in [6, 6.07) is 9.13. The molecule has 5 N–H and O–H groups in total. The van der Waals surface area contributed by atoms with E-state index in [0.717, 1.165) is 49.7 Å². The second-order valence-corrected chi connectivity index (χ2v) is 9.63. The van der Waals surface area contributed by atoms with Gasteiger partial charge in [0, 0.05) is 53.9 Å². The van der Waals surface area contributed by atoms with Crippen molar-refractivity contribution in [3.05, 3.63) is 69.7 Å². The van der Waals surface area contributed by atoms with Gasteiger partial charge in [-0.15, -0.1) is 0 Å². The van der Waals surface area contributed by atoms with Crippen molar-refractivity contribution in [1.82, 2.24) is 20.5 Å². The van der Waals surface area contributed by atoms with E-state index in [4.69, 9.17) is 0 Å². The van der Waals surface area contributed by atoms with Crippen LogP contribution in [0.25, 0.3) is 17.7 Å². The van der Waals surface area contributed by atoms with Crippen LogP contribution in [0, 0.1) is 0 Å². The van der Waals surface area contributed by atoms with Crippen molar-refractivity contribution < 1.29 is 5.11 Å². The normalized spacial score (nSPS) is 22.6. The molecule has 1 fully saturated rings. The van der Waals surface area contributed by atoms with Crippen LogP contribution >= 0.6 is 0 Å². The van der Waals surface area contributed by atoms with Crippen LogP contribution in [0.4, 0.5) is 5.82 Å². The van der Waals surface area contributed by atoms with Crippen LogP contribution in [-0.4, -0.2) is 47.3 Å². The summed E-state index contributed by atoms with van der Waals surface area (Å²) in [5, 5.41) is 20.8. The Morgan fingerprint density at radius 1 is 0.939 bits per heavy atom. The summed E-state index contributed by atoms with van der Waals surface area (Å²) in [7, 11) is 0. The van der Waals surface area contributed by atoms with Crippen LogP contribution in [0.15, 0.2) is 41.7 Å². The van der Waals surface area contributed by atoms with Gasteiger partial charge in [-0.25, -0.2) is 0 Å². The molecule has 4 aliphatic heterocycles. The van der Waals surface area contributed by atoms with E-state index in [1.54, 1.807) is 0 Å². The summed E-state index contributed by atoms with van der Waals surface area (Å²) < 4.78 is 0. The molecule has 0 saturated carbocycles. The van der Waals surface area contributed by atoms with Crippen molar-refractivity contribution in [2.45, 2.75) is 44.9 Å². The van der Waals surface area contributed by atoms with Gasteiger partial charge < -0.3 is 26.0 Å². The molecule has 0 aliphatic carbocycles. The fraction of sp³-hybridized carbons (Fsp3) is 0.407. The summed E-state index contributed by atoms with van der Waals surface area (Å²) in [6.45, 7) is 5.88. The van der Waals surface area contributed by atoms with Gasteiger partial charge >= 0.3 is 0 Å². The zero-order chi connectivity index (χ0) is 22.2. The summed E-state index contributed by atoms with van der Waals surface area (Å²) in [5.74, 6) is 1.08. The largest absolute Gasteiger partial charge is 0.390 e. The maximum absolute atomic E-state index is 10.5. The second-order valence-electron chi connectivity index (χ2n) is 9.63. The van der Waals surface area contributed by atoms with Crippen molar-refractivity contribution in [3.8, 4) is 0 Å². The third-order valence-corrected chi connectivity index (χ3v) is 7.35. The highest BCUT2D eigenvalue weighted by Gasteiger charge is 2.26. The van der Waals surface area contributed by atoms with E-state index in [1.165, 1.54) is 65.9 Å². The first-order chi connectivity index (χ1) is 16.2. The van der Waals surface area contributed by atoms with Crippen LogP contribution in [0.2, 0.25) is 0 Å². The van der Waals surface area contributed by atoms with Gasteiger partial charge in [-0.05, 0) is 61.2 Å². The maximum Gasteiger partial charge on any atom is 0.111 e. The number of nitrogens with zero attached hydrogens (tertiary/aromatic N) is 1. The number of aromatic nitrogens is 1. The number of likely N-dealkylation sites (tertiary alicyclic amines) is 1. The molecule has 1 aromatic heterocycles. The minimum absolute atomic E-state index is 0.422. The van der Waals surface area contributed by atoms with E-state index in [1.807, 2.05) is 6.20 Å². The van der Waals surface area contributed by atoms with E-state index < -0.39 is 6.10 Å². The Morgan fingerprint density at radius 2 is 1.79 bits per heavy atom. The van der Waals surface area contributed by atoms with E-state index >= 15 is 0 Å². The molecule has 6 nitrogen and oxygen atoms in total. The Balaban J connectivity index is 1.25. The Bertz CT molecular complexity index is 1120. The molecule has 0 bridgehead atoms. The number of benzene rings is 1. The lowest BCUT2D eigenvalue weighted by molar-refractivity contribution is 0.195. The number of H-pyrrole nitrogens is 1. The van der Waals surface area contributed by atoms with E-state index in [0.29, 0.717) is 0 Å². The first kappa shape index (κ1) is 20.6. The Kier molecular flexibility index (Phi) is 5.48. The van der Waals surface area contributed by atoms with E-state index in [-0.39, 0.29) is 0 Å². The summed E-state index contributed by atoms with van der Waals surface area (Å²) in [5.41, 5.74) is 9.54. The van der Waals surface area contributed by atoms with Crippen molar-refractivity contribution in [1.29, 1.82) is 0 Å². The quantitative estimate of drug-likeness (QED) is 0.499. The van der Waals surface area contributed by atoms with E-state index in [2.05, 4.69) is 62.3 Å². The summed E-state index contributed by atoms with van der Waals surface area (Å²) in [6.07, 6.45) is 10.8. The lowest BCUT2D eigenvalue weighted by Gasteiger charge is -2.26. The Labute approximate surface area is 195 Å². The fourth-order valence-electron chi connectivity index (χ4n) is 5.45. The molecule has 1 saturated heterocycles. The zero-order valence-corrected chi connectivity index (χ0v) is 19.1. The molecule has 1 unspecified atom stereocenters. The third-order valence-electron chi connectivity index (χ3n) is 7.35. The predicted molar refractivity (Wildman–Crippen MR) is 134 cm³/mol. The molecule has 6 rings (SSSR count). The first-order valence-electron chi connectivity index (χ1n) is 12.3. The highest BCUT2D eigenvalue weighted by Crippen LogP contribution is 2.36. The molecule has 5 heterocycles. The SMILES string of the molecule is OC1CCNC=C1C1=Cc2c([nH]c3c2C=C(c2ccc(CN4CCCCC4)cc2)CN3)CN1. The van der Waals surface area contributed by atoms with Crippen LogP contribution in [0.5, 0.6) is 0 Å². The van der Waals surface area contributed by atoms with Gasteiger partial charge in [0.25, 0.3) is 0 Å². The average Bonchev–Trinajstić information content (AvgIpc) is 3.23. The molecule has 6 heteroatoms. The molecular weight excluding hydrogens is 410 g/mol. The van der Waals surface area contributed by atoms with Gasteiger partial charge in [-0.2, -0.15) is 0 Å². The number of hydrogen-bond donors (Lipinski definition) is 5. The number of aromatic amines is 1. The molecule has 1 atom stereocenters. The summed E-state index contributed by atoms with van der Waals surface area (Å²) in [4.78, 5) is 6.12. The van der Waals surface area contributed by atoms with Gasteiger partial charge in [-0.1, -0.05) is 30.7 Å². The average molecular weight is 444 g/mol. The van der Waals surface area contributed by atoms with Crippen LogP contribution in [0.3, 0.4) is 0 Å². The molecule has 0 spiro atoms. The maximum atomic E-state index is 10.5. The Morgan fingerprint density at radius 3 is 2.61 bits per heavy atom. The van der Waals surface area contributed by atoms with Crippen LogP contribution < -0.4 is 16.0 Å². The predicted octanol–water partition coefficient (Wildman–Crippen LogP) is 3.65. The molecular formula is C27H33N5O. The minimum Gasteiger partial charge on any atom is -0.390 e. The number of aliphatic hydroxyl groups is 1. The fourth-order valence-corrected chi connectivity index (χ4v) is 5.45. The number of fused-ring (bicyclic) bond motifs is 3. The molecule has 172 valence electrons. The van der Waals surface area contributed by atoms with E-state index in [9.17, 15) is 5.11 Å². The zero-order valence-electron chi connectivity index (χ0n) is 19.1. The topological polar surface area (TPSA) is 75.3 Å². The van der Waals surface area contributed by atoms with Crippen molar-refractivity contribution in [2.24, 2.45) is 0 Å². The van der Waals surface area contributed by atoms with Crippen LogP contribution in [0.1, 0.15) is 53.6 Å². The smallest absolute Gasteiger partial charge is 0.111 e. The van der Waals surface area contributed by atoms with Crippen molar-refractivity contribution >= 4 is 23.5 Å². The number of anilines is 1. The minimum atomic E-state index is -0.422. The molecule has 1 aromatic carbocycles. The van der Waals surface area contributed by atoms with Gasteiger partial charge in [0.2, 0.25) is 0 Å². The lowest BCUT2D eigenvalue weighted by atomic mass is 9.94. The monoisotopic (exact) mass is 443 g/mol. The van der Waals surface area contributed by atoms with Crippen molar-refractivity contribution in [2.75, 3.05) is 31.5 Å². The molecule has 0 amide bonds. The number of piperidine rings is 1.